The number of hydrogen-bond acceptors (Lipinski definition) is 8. The maximum Gasteiger partial charge on any atom is 0.315 e. The second-order valence-corrected chi connectivity index (χ2v) is 15.1. The molecule has 0 fully saturated rings. The van der Waals surface area contributed by atoms with Crippen LogP contribution in [0.5, 0.6) is 0 Å². The Morgan fingerprint density at radius 1 is 0.508 bits per heavy atom. The molecule has 0 aliphatic carbocycles. The minimum absolute atomic E-state index is 0.130. The van der Waals surface area contributed by atoms with E-state index in [9.17, 15) is 24.0 Å². The summed E-state index contributed by atoms with van der Waals surface area (Å²) in [4.78, 5) is 63.3. The summed E-state index contributed by atoms with van der Waals surface area (Å²) in [6.45, 7) is 7.75. The number of carbonyl (C=O) groups is 5. The van der Waals surface area contributed by atoms with Crippen LogP contribution in [0.15, 0.2) is 48.5 Å². The minimum Gasteiger partial charge on any atom is -0.341 e. The molecular formula is C41H71N13O5. The first kappa shape index (κ1) is 49.8. The second-order valence-electron chi connectivity index (χ2n) is 15.1. The van der Waals surface area contributed by atoms with Crippen molar-refractivity contribution in [2.45, 2.75) is 102 Å². The molecule has 5 atom stereocenters. The van der Waals surface area contributed by atoms with E-state index in [1.807, 2.05) is 62.4 Å². The molecule has 0 bridgehead atoms. The third kappa shape index (κ3) is 23.6. The maximum absolute atomic E-state index is 13.0. The molecule has 2 aromatic rings. The van der Waals surface area contributed by atoms with Gasteiger partial charge in [-0.15, -0.1) is 0 Å². The number of nitrogens with one attached hydrogen (secondary N) is 10. The second kappa shape index (κ2) is 29.0. The van der Waals surface area contributed by atoms with Crippen LogP contribution in [0.3, 0.4) is 0 Å². The van der Waals surface area contributed by atoms with E-state index in [0.717, 1.165) is 42.4 Å². The van der Waals surface area contributed by atoms with E-state index in [-0.39, 0.29) is 56.9 Å². The summed E-state index contributed by atoms with van der Waals surface area (Å²) in [5.74, 6) is 0. The van der Waals surface area contributed by atoms with Gasteiger partial charge in [-0.1, -0.05) is 72.5 Å². The highest BCUT2D eigenvalue weighted by Gasteiger charge is 2.19. The molecule has 18 nitrogen and oxygen atoms in total. The van der Waals surface area contributed by atoms with Crippen LogP contribution < -0.4 is 70.4 Å². The molecule has 2 aromatic carbocycles. The first-order chi connectivity index (χ1) is 28.3. The SMILES string of the molecule is CNC(=O)NC[C@H](Cc1ccc(C)cc1)NC(=O)NC[C@H](CCCCN)NC(=O)NC[C@H](C)NC(=O)NC[C@H](CCCCN)NC(=O)NC[C@@H](N)Cc1ccc(C)cc1. The highest BCUT2D eigenvalue weighted by atomic mass is 16.2. The van der Waals surface area contributed by atoms with Gasteiger partial charge in [-0.3, -0.25) is 0 Å². The highest BCUT2D eigenvalue weighted by Crippen LogP contribution is 2.08. The summed E-state index contributed by atoms with van der Waals surface area (Å²) in [6.07, 6.45) is 5.35. The van der Waals surface area contributed by atoms with E-state index < -0.39 is 36.2 Å². The average Bonchev–Trinajstić information content (AvgIpc) is 3.21. The molecule has 0 unspecified atom stereocenters. The molecule has 0 spiro atoms. The number of rotatable bonds is 26. The Morgan fingerprint density at radius 2 is 0.898 bits per heavy atom. The summed E-state index contributed by atoms with van der Waals surface area (Å²) >= 11 is 0. The summed E-state index contributed by atoms with van der Waals surface area (Å²) in [5.41, 5.74) is 22.0. The lowest BCUT2D eigenvalue weighted by molar-refractivity contribution is 0.225. The fraction of sp³-hybridized carbons (Fsp3) is 0.585. The summed E-state index contributed by atoms with van der Waals surface area (Å²) < 4.78 is 0. The molecule has 59 heavy (non-hydrogen) atoms. The van der Waals surface area contributed by atoms with Gasteiger partial charge in [0.1, 0.15) is 0 Å². The summed E-state index contributed by atoms with van der Waals surface area (Å²) in [5, 5.41) is 28.1. The summed E-state index contributed by atoms with van der Waals surface area (Å²) in [7, 11) is 1.52. The standard InChI is InChI=1S/C41H71N13O5/c1-28-11-15-31(16-12-28)21-33(44)24-47-40(58)53-34(9-5-7-19-42)25-49-38(56)51-30(3)23-46-39(57)52-35(10-6-8-20-43)26-50-41(59)54-36(27-48-37(55)45-4)22-32-17-13-29(2)14-18-32/h11-18,30,33-36H,5-10,19-27,42-44H2,1-4H3,(H2,45,48,55)(H2,46,52,57)(H2,47,53,58)(H2,49,51,56)(H2,50,54,59)/t30-,33-,34-,35-,36-/m0/s1. The van der Waals surface area contributed by atoms with Crippen LogP contribution in [0, 0.1) is 13.8 Å². The van der Waals surface area contributed by atoms with E-state index in [2.05, 4.69) is 53.2 Å². The molecule has 0 saturated carbocycles. The zero-order valence-electron chi connectivity index (χ0n) is 35.4. The van der Waals surface area contributed by atoms with Gasteiger partial charge < -0.3 is 70.4 Å². The fourth-order valence-corrected chi connectivity index (χ4v) is 6.04. The monoisotopic (exact) mass is 826 g/mol. The van der Waals surface area contributed by atoms with Gasteiger partial charge in [-0.05, 0) is 83.5 Å². The van der Waals surface area contributed by atoms with Crippen LogP contribution in [-0.2, 0) is 12.8 Å². The third-order valence-electron chi connectivity index (χ3n) is 9.47. The van der Waals surface area contributed by atoms with Crippen LogP contribution >= 0.6 is 0 Å². The average molecular weight is 826 g/mol. The van der Waals surface area contributed by atoms with Gasteiger partial charge in [0.25, 0.3) is 0 Å². The van der Waals surface area contributed by atoms with Crippen molar-refractivity contribution in [2.24, 2.45) is 17.2 Å². The molecule has 2 rings (SSSR count). The van der Waals surface area contributed by atoms with Crippen LogP contribution in [0.4, 0.5) is 24.0 Å². The van der Waals surface area contributed by atoms with Crippen molar-refractivity contribution in [1.29, 1.82) is 0 Å². The van der Waals surface area contributed by atoms with E-state index in [0.29, 0.717) is 38.8 Å². The van der Waals surface area contributed by atoms with Crippen molar-refractivity contribution in [3.05, 3.63) is 70.8 Å². The van der Waals surface area contributed by atoms with Crippen molar-refractivity contribution in [3.63, 3.8) is 0 Å². The molecule has 0 aromatic heterocycles. The molecule has 0 saturated heterocycles. The smallest absolute Gasteiger partial charge is 0.315 e. The predicted octanol–water partition coefficient (Wildman–Crippen LogP) is 1.29. The number of unbranched alkanes of at least 4 members (excludes halogenated alkanes) is 2. The Balaban J connectivity index is 1.82. The lowest BCUT2D eigenvalue weighted by Crippen LogP contribution is -2.54. The van der Waals surface area contributed by atoms with Crippen molar-refractivity contribution < 1.29 is 24.0 Å². The van der Waals surface area contributed by atoms with Crippen molar-refractivity contribution in [3.8, 4) is 0 Å². The molecule has 0 heterocycles. The van der Waals surface area contributed by atoms with Gasteiger partial charge in [0, 0.05) is 63.9 Å². The van der Waals surface area contributed by atoms with Crippen LogP contribution in [0.25, 0.3) is 0 Å². The van der Waals surface area contributed by atoms with Gasteiger partial charge >= 0.3 is 30.2 Å². The number of urea groups is 5. The number of hydrogen-bond donors (Lipinski definition) is 13. The summed E-state index contributed by atoms with van der Waals surface area (Å²) in [6, 6.07) is 12.1. The van der Waals surface area contributed by atoms with Gasteiger partial charge in [-0.25, -0.2) is 24.0 Å². The molecule has 0 aliphatic rings. The normalized spacial score (nSPS) is 13.3. The Morgan fingerprint density at radius 3 is 1.37 bits per heavy atom. The zero-order chi connectivity index (χ0) is 43.4. The van der Waals surface area contributed by atoms with Crippen LogP contribution in [0.1, 0.15) is 67.7 Å². The van der Waals surface area contributed by atoms with Crippen LogP contribution in [0.2, 0.25) is 0 Å². The lowest BCUT2D eigenvalue weighted by Gasteiger charge is -2.23. The Kier molecular flexibility index (Phi) is 24.5. The number of benzene rings is 2. The van der Waals surface area contributed by atoms with E-state index in [1.54, 1.807) is 6.92 Å². The molecule has 0 aliphatic heterocycles. The van der Waals surface area contributed by atoms with E-state index >= 15 is 0 Å². The number of nitrogens with two attached hydrogens (primary N) is 3. The predicted molar refractivity (Wildman–Crippen MR) is 233 cm³/mol. The number of carbonyl (C=O) groups excluding carboxylic acids is 5. The van der Waals surface area contributed by atoms with Crippen molar-refractivity contribution >= 4 is 30.2 Å². The maximum atomic E-state index is 13.0. The first-order valence-corrected chi connectivity index (χ1v) is 20.7. The van der Waals surface area contributed by atoms with Crippen molar-refractivity contribution in [1.82, 2.24) is 53.2 Å². The molecule has 10 amide bonds. The van der Waals surface area contributed by atoms with E-state index in [4.69, 9.17) is 17.2 Å². The molecule has 16 N–H and O–H groups in total. The zero-order valence-corrected chi connectivity index (χ0v) is 35.4. The van der Waals surface area contributed by atoms with Gasteiger partial charge in [0.15, 0.2) is 0 Å². The van der Waals surface area contributed by atoms with Crippen molar-refractivity contribution in [2.75, 3.05) is 52.9 Å². The Labute approximate surface area is 349 Å². The molecule has 18 heteroatoms. The Hall–Kier alpha value is -5.33. The largest absolute Gasteiger partial charge is 0.341 e. The molecule has 330 valence electrons. The Bertz CT molecular complexity index is 1530. The first-order valence-electron chi connectivity index (χ1n) is 20.7. The van der Waals surface area contributed by atoms with E-state index in [1.165, 1.54) is 12.6 Å². The van der Waals surface area contributed by atoms with Gasteiger partial charge in [-0.2, -0.15) is 0 Å². The lowest BCUT2D eigenvalue weighted by atomic mass is 10.0. The topological polar surface area (TPSA) is 284 Å². The third-order valence-corrected chi connectivity index (χ3v) is 9.47. The number of aryl methyl sites for hydroxylation is 2. The highest BCUT2D eigenvalue weighted by molar-refractivity contribution is 5.77. The van der Waals surface area contributed by atoms with Crippen LogP contribution in [-0.4, -0.2) is 113 Å². The molecule has 0 radical (unpaired) electrons. The van der Waals surface area contributed by atoms with Gasteiger partial charge in [0.2, 0.25) is 0 Å². The number of amides is 10. The van der Waals surface area contributed by atoms with Gasteiger partial charge in [0.05, 0.1) is 6.04 Å². The minimum atomic E-state index is -0.459. The molecular weight excluding hydrogens is 755 g/mol. The fourth-order valence-electron chi connectivity index (χ4n) is 6.04. The quantitative estimate of drug-likeness (QED) is 0.0613.